The zero-order chi connectivity index (χ0) is 19.3. The van der Waals surface area contributed by atoms with Crippen molar-refractivity contribution in [1.29, 1.82) is 0 Å². The molecule has 0 radical (unpaired) electrons. The van der Waals surface area contributed by atoms with Crippen LogP contribution in [0.1, 0.15) is 30.9 Å². The minimum atomic E-state index is 0.520. The van der Waals surface area contributed by atoms with Crippen LogP contribution >= 0.6 is 0 Å². The van der Waals surface area contributed by atoms with E-state index < -0.39 is 0 Å². The van der Waals surface area contributed by atoms with Crippen LogP contribution < -0.4 is 4.74 Å². The average molecular weight is 386 g/mol. The van der Waals surface area contributed by atoms with Gasteiger partial charge in [0.25, 0.3) is 0 Å². The van der Waals surface area contributed by atoms with E-state index in [9.17, 15) is 0 Å². The summed E-state index contributed by atoms with van der Waals surface area (Å²) in [7, 11) is 1.72. The normalized spacial score (nSPS) is 23.5. The van der Waals surface area contributed by atoms with Crippen LogP contribution in [0.25, 0.3) is 0 Å². The molecule has 2 aliphatic rings. The topological polar surface area (TPSA) is 55.7 Å². The lowest BCUT2D eigenvalue weighted by molar-refractivity contribution is -0.0840. The van der Waals surface area contributed by atoms with Crippen LogP contribution in [0, 0.1) is 0 Å². The third kappa shape index (κ3) is 4.37. The standard InChI is InChI=1S/C21H31N5O2/c1-3-4-19-13-28-14-20-12-24(7-8-26(19)20)10-17-5-6-21(27-2)18(9-17)11-25-16-22-15-23-25/h5-6,9,15-16,19-20H,3-4,7-8,10-14H2,1-2H3/t19-,20+/m0/s1. The quantitative estimate of drug-likeness (QED) is 0.727. The molecule has 2 aliphatic heterocycles. The number of piperazine rings is 1. The Bertz CT molecular complexity index is 749. The van der Waals surface area contributed by atoms with Crippen molar-refractivity contribution in [3.05, 3.63) is 42.0 Å². The number of methoxy groups -OCH3 is 1. The minimum absolute atomic E-state index is 0.520. The van der Waals surface area contributed by atoms with Crippen LogP contribution in [-0.4, -0.2) is 76.6 Å². The molecule has 2 atom stereocenters. The van der Waals surface area contributed by atoms with Gasteiger partial charge in [-0.1, -0.05) is 19.4 Å². The first-order valence-electron chi connectivity index (χ1n) is 10.3. The molecular formula is C21H31N5O2. The first-order chi connectivity index (χ1) is 13.8. The lowest BCUT2D eigenvalue weighted by atomic mass is 10.0. The van der Waals surface area contributed by atoms with E-state index in [0.717, 1.165) is 50.7 Å². The van der Waals surface area contributed by atoms with Crippen molar-refractivity contribution < 1.29 is 9.47 Å². The lowest BCUT2D eigenvalue weighted by Gasteiger charge is -2.48. The molecule has 28 heavy (non-hydrogen) atoms. The van der Waals surface area contributed by atoms with Crippen molar-refractivity contribution in [2.24, 2.45) is 0 Å². The Balaban J connectivity index is 1.42. The van der Waals surface area contributed by atoms with Gasteiger partial charge in [0.1, 0.15) is 18.4 Å². The average Bonchev–Trinajstić information content (AvgIpc) is 3.22. The van der Waals surface area contributed by atoms with Gasteiger partial charge in [-0.05, 0) is 24.1 Å². The van der Waals surface area contributed by atoms with Gasteiger partial charge in [-0.15, -0.1) is 0 Å². The SMILES string of the molecule is CCC[C@H]1COC[C@H]2CN(Cc3ccc(OC)c(Cn4cncn4)c3)CCN12. The molecule has 2 fully saturated rings. The number of aromatic nitrogens is 3. The summed E-state index contributed by atoms with van der Waals surface area (Å²) >= 11 is 0. The van der Waals surface area contributed by atoms with Crippen LogP contribution in [0.2, 0.25) is 0 Å². The fraction of sp³-hybridized carbons (Fsp3) is 0.619. The highest BCUT2D eigenvalue weighted by Crippen LogP contribution is 2.25. The van der Waals surface area contributed by atoms with Gasteiger partial charge in [0.15, 0.2) is 0 Å². The molecule has 0 spiro atoms. The summed E-state index contributed by atoms with van der Waals surface area (Å²) in [6.07, 6.45) is 5.76. The van der Waals surface area contributed by atoms with E-state index in [1.54, 1.807) is 19.8 Å². The Morgan fingerprint density at radius 2 is 2.14 bits per heavy atom. The van der Waals surface area contributed by atoms with Crippen LogP contribution in [0.5, 0.6) is 5.75 Å². The van der Waals surface area contributed by atoms with Gasteiger partial charge in [0.2, 0.25) is 0 Å². The molecule has 2 aromatic rings. The first kappa shape index (κ1) is 19.4. The molecule has 0 bridgehead atoms. The van der Waals surface area contributed by atoms with Gasteiger partial charge >= 0.3 is 0 Å². The number of nitrogens with zero attached hydrogens (tertiary/aromatic N) is 5. The molecule has 4 rings (SSSR count). The molecule has 0 amide bonds. The number of fused-ring (bicyclic) bond motifs is 1. The number of benzene rings is 1. The van der Waals surface area contributed by atoms with Crippen LogP contribution in [0.3, 0.4) is 0 Å². The molecule has 0 N–H and O–H groups in total. The van der Waals surface area contributed by atoms with Crippen molar-refractivity contribution in [3.8, 4) is 5.75 Å². The molecule has 0 aliphatic carbocycles. The second kappa shape index (κ2) is 9.03. The predicted octanol–water partition coefficient (Wildman–Crippen LogP) is 2.02. The van der Waals surface area contributed by atoms with Gasteiger partial charge in [0, 0.05) is 43.8 Å². The Morgan fingerprint density at radius 3 is 2.93 bits per heavy atom. The maximum absolute atomic E-state index is 5.91. The Morgan fingerprint density at radius 1 is 1.21 bits per heavy atom. The molecule has 152 valence electrons. The second-order valence-corrected chi connectivity index (χ2v) is 7.85. The van der Waals surface area contributed by atoms with E-state index in [1.807, 2.05) is 4.68 Å². The van der Waals surface area contributed by atoms with Crippen molar-refractivity contribution in [3.63, 3.8) is 0 Å². The molecule has 3 heterocycles. The highest BCUT2D eigenvalue weighted by molar-refractivity contribution is 5.37. The first-order valence-corrected chi connectivity index (χ1v) is 10.3. The van der Waals surface area contributed by atoms with Crippen LogP contribution in [-0.2, 0) is 17.8 Å². The monoisotopic (exact) mass is 385 g/mol. The third-order valence-corrected chi connectivity index (χ3v) is 5.87. The molecule has 7 heteroatoms. The summed E-state index contributed by atoms with van der Waals surface area (Å²) in [4.78, 5) is 9.28. The smallest absolute Gasteiger partial charge is 0.137 e. The van der Waals surface area contributed by atoms with Gasteiger partial charge < -0.3 is 9.47 Å². The fourth-order valence-corrected chi connectivity index (χ4v) is 4.53. The highest BCUT2D eigenvalue weighted by Gasteiger charge is 2.35. The van der Waals surface area contributed by atoms with E-state index in [2.05, 4.69) is 45.0 Å². The summed E-state index contributed by atoms with van der Waals surface area (Å²) in [6, 6.07) is 7.60. The molecule has 7 nitrogen and oxygen atoms in total. The summed E-state index contributed by atoms with van der Waals surface area (Å²) < 4.78 is 13.3. The predicted molar refractivity (Wildman–Crippen MR) is 107 cm³/mol. The van der Waals surface area contributed by atoms with Crippen LogP contribution in [0.4, 0.5) is 0 Å². The third-order valence-electron chi connectivity index (χ3n) is 5.87. The number of rotatable bonds is 7. The van der Waals surface area contributed by atoms with Crippen LogP contribution in [0.15, 0.2) is 30.9 Å². The number of hydrogen-bond acceptors (Lipinski definition) is 6. The van der Waals surface area contributed by atoms with Crippen molar-refractivity contribution >= 4 is 0 Å². The van der Waals surface area contributed by atoms with Gasteiger partial charge in [-0.3, -0.25) is 9.80 Å². The highest BCUT2D eigenvalue weighted by atomic mass is 16.5. The number of hydrogen-bond donors (Lipinski definition) is 0. The number of ether oxygens (including phenoxy) is 2. The summed E-state index contributed by atoms with van der Waals surface area (Å²) in [5.74, 6) is 0.896. The number of morpholine rings is 1. The molecule has 1 aromatic carbocycles. The van der Waals surface area contributed by atoms with Crippen molar-refractivity contribution in [2.45, 2.75) is 44.9 Å². The van der Waals surface area contributed by atoms with Crippen molar-refractivity contribution in [1.82, 2.24) is 24.6 Å². The van der Waals surface area contributed by atoms with E-state index in [-0.39, 0.29) is 0 Å². The maximum atomic E-state index is 5.91. The van der Waals surface area contributed by atoms with Gasteiger partial charge in [0.05, 0.1) is 26.9 Å². The Kier molecular flexibility index (Phi) is 6.24. The Labute approximate surface area is 167 Å². The van der Waals surface area contributed by atoms with E-state index >= 15 is 0 Å². The maximum Gasteiger partial charge on any atom is 0.137 e. The van der Waals surface area contributed by atoms with E-state index in [4.69, 9.17) is 9.47 Å². The molecule has 2 saturated heterocycles. The Hall–Kier alpha value is -1.96. The zero-order valence-electron chi connectivity index (χ0n) is 17.0. The summed E-state index contributed by atoms with van der Waals surface area (Å²) in [6.45, 7) is 8.97. The summed E-state index contributed by atoms with van der Waals surface area (Å²) in [5.41, 5.74) is 2.44. The summed E-state index contributed by atoms with van der Waals surface area (Å²) in [5, 5.41) is 4.22. The zero-order valence-corrected chi connectivity index (χ0v) is 17.0. The minimum Gasteiger partial charge on any atom is -0.496 e. The van der Waals surface area contributed by atoms with Crippen molar-refractivity contribution in [2.75, 3.05) is 40.0 Å². The molecule has 0 saturated carbocycles. The molecule has 0 unspecified atom stereocenters. The lowest BCUT2D eigenvalue weighted by Crippen LogP contribution is -2.61. The molecular weight excluding hydrogens is 354 g/mol. The second-order valence-electron chi connectivity index (χ2n) is 7.85. The van der Waals surface area contributed by atoms with E-state index in [0.29, 0.717) is 18.6 Å². The molecule has 1 aromatic heterocycles. The fourth-order valence-electron chi connectivity index (χ4n) is 4.53. The van der Waals surface area contributed by atoms with Gasteiger partial charge in [-0.25, -0.2) is 9.67 Å². The largest absolute Gasteiger partial charge is 0.496 e. The van der Waals surface area contributed by atoms with Gasteiger partial charge in [-0.2, -0.15) is 5.10 Å². The van der Waals surface area contributed by atoms with E-state index in [1.165, 1.54) is 18.4 Å².